The SMILES string of the molecule is CCCCCCCCCCCCC(CCCCCCCCCC)CN1C(=O)C2=C(c3ccc(-c4ccc(-c5ccc(C)s5)s4)s3)N(CC(CCCCCCCCCC)CCCCCCCCCCCC)C(=O)C2=C1c1ccc(-c2ccc(C)s2)s1. The van der Waals surface area contributed by atoms with Crippen LogP contribution in [0.15, 0.2) is 71.8 Å². The van der Waals surface area contributed by atoms with E-state index in [4.69, 9.17) is 0 Å². The van der Waals surface area contributed by atoms with Gasteiger partial charge in [0.15, 0.2) is 0 Å². The topological polar surface area (TPSA) is 40.6 Å². The first-order valence-electron chi connectivity index (χ1n) is 35.3. The van der Waals surface area contributed by atoms with E-state index >= 15 is 9.59 Å². The van der Waals surface area contributed by atoms with Crippen molar-refractivity contribution in [2.45, 2.75) is 298 Å². The molecule has 0 bridgehead atoms. The Bertz CT molecular complexity index is 2720. The number of carbonyl (C=O) groups excluding carboxylic acids is 2. The molecule has 0 radical (unpaired) electrons. The number of rotatable bonds is 49. The first-order valence-corrected chi connectivity index (χ1v) is 39.4. The number of thiophene rings is 5. The van der Waals surface area contributed by atoms with E-state index in [1.54, 1.807) is 22.7 Å². The molecule has 0 saturated heterocycles. The summed E-state index contributed by atoms with van der Waals surface area (Å²) in [5, 5.41) is 0. The van der Waals surface area contributed by atoms with Crippen LogP contribution in [0.2, 0.25) is 0 Å². The van der Waals surface area contributed by atoms with Crippen molar-refractivity contribution in [1.82, 2.24) is 9.80 Å². The number of carbonyl (C=O) groups is 2. The van der Waals surface area contributed by atoms with Gasteiger partial charge in [0, 0.05) is 52.1 Å². The van der Waals surface area contributed by atoms with Gasteiger partial charge in [0.2, 0.25) is 0 Å². The summed E-state index contributed by atoms with van der Waals surface area (Å²) in [5.74, 6) is 0.867. The van der Waals surface area contributed by atoms with Crippen molar-refractivity contribution >= 4 is 79.9 Å². The van der Waals surface area contributed by atoms with Crippen LogP contribution in [0.4, 0.5) is 0 Å². The lowest BCUT2D eigenvalue weighted by molar-refractivity contribution is -0.124. The normalized spacial score (nSPS) is 14.4. The minimum atomic E-state index is 0.0532. The van der Waals surface area contributed by atoms with Gasteiger partial charge in [-0.15, -0.1) is 56.7 Å². The van der Waals surface area contributed by atoms with Gasteiger partial charge in [-0.25, -0.2) is 0 Å². The van der Waals surface area contributed by atoms with Crippen molar-refractivity contribution in [1.29, 1.82) is 0 Å². The number of fused-ring (bicyclic) bond motifs is 1. The molecule has 2 unspecified atom stereocenters. The predicted octanol–water partition coefficient (Wildman–Crippen LogP) is 26.3. The fourth-order valence-electron chi connectivity index (χ4n) is 13.3. The number of hydrogen-bond donors (Lipinski definition) is 0. The van der Waals surface area contributed by atoms with Gasteiger partial charge in [-0.2, -0.15) is 0 Å². The van der Waals surface area contributed by atoms with Gasteiger partial charge in [0.1, 0.15) is 0 Å². The van der Waals surface area contributed by atoms with E-state index in [0.717, 1.165) is 46.8 Å². The average Bonchev–Trinajstić information content (AvgIpc) is 2.01. The Labute approximate surface area is 539 Å². The Balaban J connectivity index is 1.22. The van der Waals surface area contributed by atoms with E-state index in [2.05, 4.69) is 112 Å². The molecule has 2 amide bonds. The molecule has 0 aromatic carbocycles. The minimum absolute atomic E-state index is 0.0532. The van der Waals surface area contributed by atoms with Crippen LogP contribution >= 0.6 is 56.7 Å². The number of amides is 2. The zero-order chi connectivity index (χ0) is 59.9. The fourth-order valence-corrected chi connectivity index (χ4v) is 18.5. The zero-order valence-corrected chi connectivity index (χ0v) is 58.5. The third kappa shape index (κ3) is 22.4. The maximum Gasteiger partial charge on any atom is 0.261 e. The van der Waals surface area contributed by atoms with E-state index in [-0.39, 0.29) is 11.8 Å². The van der Waals surface area contributed by atoms with Crippen LogP contribution in [0.3, 0.4) is 0 Å². The summed E-state index contributed by atoms with van der Waals surface area (Å²) in [5.41, 5.74) is 3.12. The molecule has 0 spiro atoms. The van der Waals surface area contributed by atoms with Crippen LogP contribution in [0.25, 0.3) is 40.7 Å². The first-order chi connectivity index (χ1) is 41.7. The number of nitrogens with zero attached hydrogens (tertiary/aromatic N) is 2. The van der Waals surface area contributed by atoms with Crippen LogP contribution in [-0.2, 0) is 9.59 Å². The largest absolute Gasteiger partial charge is 0.306 e. The van der Waals surface area contributed by atoms with Gasteiger partial charge in [0.05, 0.1) is 32.3 Å². The third-order valence-corrected chi connectivity index (χ3v) is 24.3. The van der Waals surface area contributed by atoms with Crippen molar-refractivity contribution in [2.75, 3.05) is 13.1 Å². The van der Waals surface area contributed by atoms with E-state index in [9.17, 15) is 0 Å². The molecule has 0 N–H and O–H groups in total. The van der Waals surface area contributed by atoms with Crippen LogP contribution < -0.4 is 0 Å². The van der Waals surface area contributed by atoms with Gasteiger partial charge < -0.3 is 9.80 Å². The van der Waals surface area contributed by atoms with Gasteiger partial charge in [-0.05, 0) is 112 Å². The molecule has 4 nitrogen and oxygen atoms in total. The Hall–Kier alpha value is -3.08. The molecule has 9 heteroatoms. The summed E-state index contributed by atoms with van der Waals surface area (Å²) in [6.45, 7) is 15.0. The molecule has 0 aliphatic carbocycles. The molecule has 0 saturated carbocycles. The number of hydrogen-bond acceptors (Lipinski definition) is 7. The fraction of sp³-hybridized carbons (Fsp3) is 0.658. The van der Waals surface area contributed by atoms with Gasteiger partial charge >= 0.3 is 0 Å². The van der Waals surface area contributed by atoms with Gasteiger partial charge in [-0.1, -0.05) is 259 Å². The van der Waals surface area contributed by atoms with E-state index in [1.165, 1.54) is 270 Å². The van der Waals surface area contributed by atoms with Crippen molar-refractivity contribution in [3.8, 4) is 29.3 Å². The van der Waals surface area contributed by atoms with Crippen LogP contribution in [0.5, 0.6) is 0 Å². The lowest BCUT2D eigenvalue weighted by Gasteiger charge is -2.29. The summed E-state index contributed by atoms with van der Waals surface area (Å²) in [7, 11) is 0. The highest BCUT2D eigenvalue weighted by Crippen LogP contribution is 2.52. The van der Waals surface area contributed by atoms with Gasteiger partial charge in [0.25, 0.3) is 11.8 Å². The summed E-state index contributed by atoms with van der Waals surface area (Å²) >= 11 is 9.11. The summed E-state index contributed by atoms with van der Waals surface area (Å²) in [4.78, 5) is 49.0. The lowest BCUT2D eigenvalue weighted by atomic mass is 9.93. The Kier molecular flexibility index (Phi) is 32.5. The highest BCUT2D eigenvalue weighted by Gasteiger charge is 2.50. The molecular weight excluding hydrogens is 1130 g/mol. The Morgan fingerprint density at radius 1 is 0.282 bits per heavy atom. The maximum atomic E-state index is 16.2. The molecule has 470 valence electrons. The first kappa shape index (κ1) is 69.4. The molecular formula is C76H114N2O2S5. The molecule has 85 heavy (non-hydrogen) atoms. The molecule has 7 rings (SSSR count). The highest BCUT2D eigenvalue weighted by atomic mass is 32.1. The monoisotopic (exact) mass is 1250 g/mol. The predicted molar refractivity (Wildman–Crippen MR) is 380 cm³/mol. The second kappa shape index (κ2) is 39.8. The quantitative estimate of drug-likeness (QED) is 0.0364. The number of aryl methyl sites for hydroxylation is 2. The third-order valence-electron chi connectivity index (χ3n) is 18.4. The Morgan fingerprint density at radius 3 is 0.741 bits per heavy atom. The zero-order valence-electron chi connectivity index (χ0n) is 54.4. The standard InChI is InChI=1S/C76H114N2O2S5/c1-7-11-15-19-23-27-29-33-37-41-45-61(43-39-35-31-25-21-17-13-9-3)57-77-73(69-55-53-66(84-69)64-50-48-60(6)82-64)71-72(76(77)80)74(70-56-54-68(85-70)67-52-51-65(83-67)63-49-47-59(5)81-63)78(75(71)79)58-62(44-40-36-32-26-22-18-14-10-4)46-42-38-34-30-28-24-20-16-12-8-2/h47-56,61-62H,7-46,57-58H2,1-6H3. The number of unbranched alkanes of at least 4 members (excludes halogenated alkanes) is 32. The summed E-state index contributed by atoms with van der Waals surface area (Å²) in [6, 6.07) is 22.5. The highest BCUT2D eigenvalue weighted by molar-refractivity contribution is 7.26. The summed E-state index contributed by atoms with van der Waals surface area (Å²) in [6.07, 6.45) is 51.9. The van der Waals surface area contributed by atoms with E-state index in [1.807, 2.05) is 34.0 Å². The van der Waals surface area contributed by atoms with Crippen LogP contribution in [-0.4, -0.2) is 34.7 Å². The van der Waals surface area contributed by atoms with Gasteiger partial charge in [-0.3, -0.25) is 9.59 Å². The Morgan fingerprint density at radius 2 is 0.494 bits per heavy atom. The smallest absolute Gasteiger partial charge is 0.261 e. The van der Waals surface area contributed by atoms with Crippen molar-refractivity contribution in [3.63, 3.8) is 0 Å². The molecule has 2 aliphatic heterocycles. The summed E-state index contributed by atoms with van der Waals surface area (Å²) < 4.78 is 0. The molecule has 0 fully saturated rings. The average molecular weight is 1250 g/mol. The molecule has 5 aromatic heterocycles. The van der Waals surface area contributed by atoms with Crippen LogP contribution in [0.1, 0.15) is 304 Å². The van der Waals surface area contributed by atoms with Crippen LogP contribution in [0, 0.1) is 25.7 Å². The van der Waals surface area contributed by atoms with Crippen molar-refractivity contribution in [2.24, 2.45) is 11.8 Å². The molecule has 5 aromatic rings. The minimum Gasteiger partial charge on any atom is -0.306 e. The second-order valence-corrected chi connectivity index (χ2v) is 31.6. The molecule has 2 aliphatic rings. The van der Waals surface area contributed by atoms with Crippen molar-refractivity contribution < 1.29 is 9.59 Å². The molecule has 7 heterocycles. The maximum absolute atomic E-state index is 16.2. The van der Waals surface area contributed by atoms with E-state index < -0.39 is 0 Å². The van der Waals surface area contributed by atoms with Crippen molar-refractivity contribution in [3.05, 3.63) is 91.3 Å². The lowest BCUT2D eigenvalue weighted by Crippen LogP contribution is -2.34. The molecule has 2 atom stereocenters. The van der Waals surface area contributed by atoms with E-state index in [0.29, 0.717) is 36.1 Å². The second-order valence-electron chi connectivity index (χ2n) is 25.8.